The lowest BCUT2D eigenvalue weighted by molar-refractivity contribution is 0.0317. The number of aromatic hydroxyl groups is 1. The normalized spacial score (nSPS) is 14.7. The molecule has 0 aliphatic carbocycles. The number of benzene rings is 1. The van der Waals surface area contributed by atoms with Crippen molar-refractivity contribution in [3.63, 3.8) is 0 Å². The zero-order valence-electron chi connectivity index (χ0n) is 18.5. The van der Waals surface area contributed by atoms with Crippen molar-refractivity contribution < 1.29 is 14.6 Å². The van der Waals surface area contributed by atoms with Crippen LogP contribution in [0.1, 0.15) is 24.5 Å². The summed E-state index contributed by atoms with van der Waals surface area (Å²) in [6, 6.07) is 7.50. The molecule has 0 bridgehead atoms. The lowest BCUT2D eigenvalue weighted by Gasteiger charge is -2.26. The van der Waals surface area contributed by atoms with E-state index in [0.29, 0.717) is 24.0 Å². The van der Waals surface area contributed by atoms with Gasteiger partial charge in [-0.25, -0.2) is 0 Å². The summed E-state index contributed by atoms with van der Waals surface area (Å²) in [4.78, 5) is 13.3. The van der Waals surface area contributed by atoms with Crippen molar-refractivity contribution in [2.75, 3.05) is 63.4 Å². The summed E-state index contributed by atoms with van der Waals surface area (Å²) < 4.78 is 11.2. The first-order valence-electron chi connectivity index (χ1n) is 10.7. The van der Waals surface area contributed by atoms with Gasteiger partial charge in [-0.05, 0) is 25.5 Å². The van der Waals surface area contributed by atoms with Crippen LogP contribution < -0.4 is 15.1 Å². The van der Waals surface area contributed by atoms with E-state index in [9.17, 15) is 5.11 Å². The summed E-state index contributed by atoms with van der Waals surface area (Å²) in [7, 11) is 1.99. The van der Waals surface area contributed by atoms with Crippen LogP contribution in [-0.2, 0) is 4.74 Å². The van der Waals surface area contributed by atoms with E-state index in [1.54, 1.807) is 12.3 Å². The fraction of sp³-hybridized carbons (Fsp3) is 0.500. The fourth-order valence-corrected chi connectivity index (χ4v) is 3.22. The summed E-state index contributed by atoms with van der Waals surface area (Å²) in [6.07, 6.45) is 2.57. The number of nitrogens with one attached hydrogen (secondary N) is 1. The Balaban J connectivity index is 1.68. The average Bonchev–Trinajstić information content (AvgIpc) is 2.77. The third kappa shape index (κ3) is 7.08. The number of nitrogens with zero attached hydrogens (tertiary/aromatic N) is 5. The molecule has 1 aliphatic heterocycles. The minimum atomic E-state index is 0.175. The molecule has 0 spiro atoms. The second-order valence-electron chi connectivity index (χ2n) is 7.55. The zero-order chi connectivity index (χ0) is 22.1. The Morgan fingerprint density at radius 1 is 1.29 bits per heavy atom. The largest absolute Gasteiger partial charge is 0.507 e. The molecule has 0 atom stereocenters. The average molecular weight is 429 g/mol. The fourth-order valence-electron chi connectivity index (χ4n) is 3.22. The van der Waals surface area contributed by atoms with Crippen LogP contribution in [0.2, 0.25) is 0 Å². The molecule has 9 heteroatoms. The maximum absolute atomic E-state index is 9.97. The molecule has 1 aromatic carbocycles. The second kappa shape index (κ2) is 11.5. The number of anilines is 2. The number of hydrogen-bond donors (Lipinski definition) is 2. The highest BCUT2D eigenvalue weighted by Gasteiger charge is 2.12. The van der Waals surface area contributed by atoms with Crippen molar-refractivity contribution in [1.82, 2.24) is 14.9 Å². The van der Waals surface area contributed by atoms with Gasteiger partial charge in [0.05, 0.1) is 19.4 Å². The highest BCUT2D eigenvalue weighted by atomic mass is 16.5. The number of hydrazone groups is 1. The molecule has 2 heterocycles. The van der Waals surface area contributed by atoms with Crippen LogP contribution in [0.3, 0.4) is 0 Å². The number of morpholine rings is 1. The number of ether oxygens (including phenoxy) is 2. The van der Waals surface area contributed by atoms with Gasteiger partial charge in [-0.3, -0.25) is 10.3 Å². The Morgan fingerprint density at radius 2 is 2.10 bits per heavy atom. The standard InChI is InChI=1S/C22H32N6O3/c1-4-7-27(3)21-15-20(26-23-16-18-14-17(2)5-6-19(18)29)24-22(25-21)31-13-10-28-8-11-30-12-9-28/h5-6,14-16,29H,4,7-13H2,1-3H3,(H,24,25,26)/b23-16+. The summed E-state index contributed by atoms with van der Waals surface area (Å²) >= 11 is 0. The van der Waals surface area contributed by atoms with Crippen LogP contribution in [-0.4, -0.2) is 79.2 Å². The number of aromatic nitrogens is 2. The molecule has 1 fully saturated rings. The van der Waals surface area contributed by atoms with E-state index in [4.69, 9.17) is 9.47 Å². The number of rotatable bonds is 10. The first-order valence-corrected chi connectivity index (χ1v) is 10.7. The van der Waals surface area contributed by atoms with E-state index >= 15 is 0 Å². The van der Waals surface area contributed by atoms with Gasteiger partial charge in [0.1, 0.15) is 18.2 Å². The molecule has 2 N–H and O–H groups in total. The first kappa shape index (κ1) is 22.8. The van der Waals surface area contributed by atoms with Gasteiger partial charge in [-0.1, -0.05) is 18.6 Å². The number of aryl methyl sites for hydroxylation is 1. The van der Waals surface area contributed by atoms with Crippen molar-refractivity contribution in [3.8, 4) is 11.8 Å². The van der Waals surface area contributed by atoms with Crippen LogP contribution in [0.5, 0.6) is 11.8 Å². The van der Waals surface area contributed by atoms with E-state index in [2.05, 4.69) is 37.2 Å². The van der Waals surface area contributed by atoms with Gasteiger partial charge >= 0.3 is 6.01 Å². The SMILES string of the molecule is CCCN(C)c1cc(N/N=C/c2cc(C)ccc2O)nc(OCCN2CCOCC2)n1. The molecule has 1 aliphatic rings. The van der Waals surface area contributed by atoms with Gasteiger partial charge in [0.15, 0.2) is 5.82 Å². The number of hydrogen-bond acceptors (Lipinski definition) is 9. The molecule has 0 saturated carbocycles. The quantitative estimate of drug-likeness (QED) is 0.440. The number of phenolic OH excluding ortho intramolecular Hbond substituents is 1. The smallest absolute Gasteiger partial charge is 0.320 e. The van der Waals surface area contributed by atoms with E-state index in [0.717, 1.165) is 57.2 Å². The van der Waals surface area contributed by atoms with Crippen molar-refractivity contribution in [3.05, 3.63) is 35.4 Å². The molecule has 0 radical (unpaired) electrons. The summed E-state index contributed by atoms with van der Waals surface area (Å²) in [5, 5.41) is 14.2. The molecular formula is C22H32N6O3. The Kier molecular flexibility index (Phi) is 8.43. The van der Waals surface area contributed by atoms with Gasteiger partial charge < -0.3 is 19.5 Å². The molecule has 168 valence electrons. The molecular weight excluding hydrogens is 396 g/mol. The highest BCUT2D eigenvalue weighted by molar-refractivity contribution is 5.84. The first-order chi connectivity index (χ1) is 15.0. The van der Waals surface area contributed by atoms with Gasteiger partial charge in [0, 0.05) is 44.9 Å². The van der Waals surface area contributed by atoms with E-state index in [1.807, 2.05) is 32.2 Å². The molecule has 1 saturated heterocycles. The van der Waals surface area contributed by atoms with Crippen molar-refractivity contribution in [1.29, 1.82) is 0 Å². The van der Waals surface area contributed by atoms with Crippen LogP contribution >= 0.6 is 0 Å². The van der Waals surface area contributed by atoms with Crippen LogP contribution in [0.25, 0.3) is 0 Å². The van der Waals surface area contributed by atoms with E-state index < -0.39 is 0 Å². The van der Waals surface area contributed by atoms with Crippen LogP contribution in [0.15, 0.2) is 29.4 Å². The van der Waals surface area contributed by atoms with Crippen LogP contribution in [0.4, 0.5) is 11.6 Å². The lowest BCUT2D eigenvalue weighted by Crippen LogP contribution is -2.38. The molecule has 2 aromatic rings. The topological polar surface area (TPSA) is 95.3 Å². The third-order valence-corrected chi connectivity index (χ3v) is 4.95. The summed E-state index contributed by atoms with van der Waals surface area (Å²) in [6.45, 7) is 9.60. The third-order valence-electron chi connectivity index (χ3n) is 4.95. The summed E-state index contributed by atoms with van der Waals surface area (Å²) in [5.41, 5.74) is 4.60. The molecule has 0 amide bonds. The zero-order valence-corrected chi connectivity index (χ0v) is 18.5. The van der Waals surface area contributed by atoms with E-state index in [1.165, 1.54) is 0 Å². The van der Waals surface area contributed by atoms with Gasteiger partial charge in [-0.2, -0.15) is 15.1 Å². The minimum Gasteiger partial charge on any atom is -0.507 e. The monoisotopic (exact) mass is 428 g/mol. The van der Waals surface area contributed by atoms with Crippen molar-refractivity contribution in [2.24, 2.45) is 5.10 Å². The predicted octanol–water partition coefficient (Wildman–Crippen LogP) is 2.49. The Hall–Kier alpha value is -2.91. The predicted molar refractivity (Wildman–Crippen MR) is 122 cm³/mol. The van der Waals surface area contributed by atoms with Gasteiger partial charge in [0.2, 0.25) is 0 Å². The van der Waals surface area contributed by atoms with Gasteiger partial charge in [0.25, 0.3) is 0 Å². The highest BCUT2D eigenvalue weighted by Crippen LogP contribution is 2.20. The Labute approximate surface area is 183 Å². The van der Waals surface area contributed by atoms with Crippen molar-refractivity contribution >= 4 is 17.9 Å². The molecule has 0 unspecified atom stereocenters. The number of phenols is 1. The Bertz CT molecular complexity index is 870. The van der Waals surface area contributed by atoms with E-state index in [-0.39, 0.29) is 5.75 Å². The molecule has 31 heavy (non-hydrogen) atoms. The minimum absolute atomic E-state index is 0.175. The maximum atomic E-state index is 9.97. The molecule has 3 rings (SSSR count). The lowest BCUT2D eigenvalue weighted by atomic mass is 10.1. The maximum Gasteiger partial charge on any atom is 0.320 e. The molecule has 9 nitrogen and oxygen atoms in total. The van der Waals surface area contributed by atoms with Crippen LogP contribution in [0, 0.1) is 6.92 Å². The van der Waals surface area contributed by atoms with Gasteiger partial charge in [-0.15, -0.1) is 0 Å². The second-order valence-corrected chi connectivity index (χ2v) is 7.55. The summed E-state index contributed by atoms with van der Waals surface area (Å²) in [5.74, 6) is 1.46. The Morgan fingerprint density at radius 3 is 2.87 bits per heavy atom. The van der Waals surface area contributed by atoms with Crippen molar-refractivity contribution in [2.45, 2.75) is 20.3 Å². The molecule has 1 aromatic heterocycles.